The number of sulfone groups is 1. The molecule has 6 nitrogen and oxygen atoms in total. The first-order valence-corrected chi connectivity index (χ1v) is 11.9. The van der Waals surface area contributed by atoms with Gasteiger partial charge >= 0.3 is 5.97 Å². The van der Waals surface area contributed by atoms with Gasteiger partial charge in [0, 0.05) is 0 Å². The van der Waals surface area contributed by atoms with Gasteiger partial charge in [-0.3, -0.25) is 4.79 Å². The second-order valence-electron chi connectivity index (χ2n) is 7.50. The zero-order chi connectivity index (χ0) is 21.7. The number of benzene rings is 2. The van der Waals surface area contributed by atoms with E-state index in [-0.39, 0.29) is 22.3 Å². The van der Waals surface area contributed by atoms with E-state index in [4.69, 9.17) is 4.74 Å². The number of aryl methyl sites for hydroxylation is 2. The van der Waals surface area contributed by atoms with E-state index in [1.807, 2.05) is 13.0 Å². The summed E-state index contributed by atoms with van der Waals surface area (Å²) in [6, 6.07) is 11.9. The minimum atomic E-state index is -3.58. The topological polar surface area (TPSA) is 89.5 Å². The highest BCUT2D eigenvalue weighted by Gasteiger charge is 2.22. The molecule has 0 radical (unpaired) electrons. The van der Waals surface area contributed by atoms with Crippen LogP contribution < -0.4 is 5.32 Å². The normalized spacial score (nSPS) is 14.5. The molecule has 0 aromatic heterocycles. The quantitative estimate of drug-likeness (QED) is 0.682. The van der Waals surface area contributed by atoms with Crippen molar-refractivity contribution < 1.29 is 22.7 Å². The Morgan fingerprint density at radius 2 is 1.77 bits per heavy atom. The third-order valence-corrected chi connectivity index (χ3v) is 7.19. The van der Waals surface area contributed by atoms with Crippen LogP contribution in [0.5, 0.6) is 0 Å². The maximum atomic E-state index is 12.4. The van der Waals surface area contributed by atoms with Crippen molar-refractivity contribution >= 4 is 21.7 Å². The van der Waals surface area contributed by atoms with Gasteiger partial charge in [0.2, 0.25) is 0 Å². The van der Waals surface area contributed by atoms with Crippen LogP contribution in [0.3, 0.4) is 0 Å². The molecule has 1 unspecified atom stereocenters. The number of esters is 1. The van der Waals surface area contributed by atoms with Crippen LogP contribution in [0, 0.1) is 0 Å². The van der Waals surface area contributed by atoms with E-state index in [2.05, 4.69) is 17.4 Å². The van der Waals surface area contributed by atoms with Crippen LogP contribution in [0.2, 0.25) is 0 Å². The van der Waals surface area contributed by atoms with Gasteiger partial charge in [-0.1, -0.05) is 37.3 Å². The molecular formula is C23H27NO5S. The third kappa shape index (κ3) is 5.08. The second-order valence-corrected chi connectivity index (χ2v) is 9.75. The molecule has 3 rings (SSSR count). The number of nitrogens with one attached hydrogen (secondary N) is 1. The Bertz CT molecular complexity index is 1050. The van der Waals surface area contributed by atoms with Gasteiger partial charge in [-0.15, -0.1) is 0 Å². The lowest BCUT2D eigenvalue weighted by molar-refractivity contribution is -0.124. The molecule has 0 saturated carbocycles. The van der Waals surface area contributed by atoms with Crippen molar-refractivity contribution in [3.8, 4) is 0 Å². The predicted molar refractivity (Wildman–Crippen MR) is 114 cm³/mol. The molecular weight excluding hydrogens is 402 g/mol. The van der Waals surface area contributed by atoms with Gasteiger partial charge in [0.05, 0.1) is 22.3 Å². The van der Waals surface area contributed by atoms with E-state index < -0.39 is 28.3 Å². The maximum Gasteiger partial charge on any atom is 0.339 e. The van der Waals surface area contributed by atoms with Crippen LogP contribution >= 0.6 is 0 Å². The number of ether oxygens (including phenoxy) is 1. The molecule has 2 aromatic rings. The number of fused-ring (bicyclic) bond motifs is 1. The summed E-state index contributed by atoms with van der Waals surface area (Å²) in [5.74, 6) is -1.40. The van der Waals surface area contributed by atoms with E-state index >= 15 is 0 Å². The highest BCUT2D eigenvalue weighted by molar-refractivity contribution is 7.91. The summed E-state index contributed by atoms with van der Waals surface area (Å²) >= 11 is 0. The average molecular weight is 430 g/mol. The van der Waals surface area contributed by atoms with Crippen molar-refractivity contribution in [2.45, 2.75) is 50.5 Å². The van der Waals surface area contributed by atoms with Crippen molar-refractivity contribution in [2.75, 3.05) is 12.4 Å². The first-order chi connectivity index (χ1) is 14.3. The minimum Gasteiger partial charge on any atom is -0.452 e. The minimum absolute atomic E-state index is 0.0603. The van der Waals surface area contributed by atoms with Gasteiger partial charge in [-0.25, -0.2) is 13.2 Å². The molecule has 7 heteroatoms. The van der Waals surface area contributed by atoms with E-state index in [1.54, 1.807) is 12.1 Å². The zero-order valence-corrected chi connectivity index (χ0v) is 18.1. The first kappa shape index (κ1) is 22.0. The zero-order valence-electron chi connectivity index (χ0n) is 17.3. The molecule has 1 atom stereocenters. The lowest BCUT2D eigenvalue weighted by Crippen LogP contribution is -2.31. The van der Waals surface area contributed by atoms with Crippen LogP contribution in [-0.2, 0) is 32.2 Å². The van der Waals surface area contributed by atoms with E-state index in [0.717, 1.165) is 18.4 Å². The second kappa shape index (κ2) is 9.43. The van der Waals surface area contributed by atoms with Crippen LogP contribution in [0.1, 0.15) is 59.8 Å². The van der Waals surface area contributed by atoms with Crippen molar-refractivity contribution in [3.05, 3.63) is 64.7 Å². The van der Waals surface area contributed by atoms with Gasteiger partial charge in [-0.2, -0.15) is 0 Å². The van der Waals surface area contributed by atoms with Gasteiger partial charge in [0.25, 0.3) is 5.91 Å². The molecule has 1 aliphatic carbocycles. The summed E-state index contributed by atoms with van der Waals surface area (Å²) in [5, 5.41) is 2.83. The molecule has 0 spiro atoms. The highest BCUT2D eigenvalue weighted by Crippen LogP contribution is 2.25. The number of rotatable bonds is 7. The summed E-state index contributed by atoms with van der Waals surface area (Å²) in [5.41, 5.74) is 3.66. The fourth-order valence-corrected chi connectivity index (χ4v) is 4.74. The third-order valence-electron chi connectivity index (χ3n) is 5.41. The largest absolute Gasteiger partial charge is 0.452 e. The Morgan fingerprint density at radius 1 is 1.07 bits per heavy atom. The molecule has 30 heavy (non-hydrogen) atoms. The number of hydrogen-bond acceptors (Lipinski definition) is 5. The van der Waals surface area contributed by atoms with Gasteiger partial charge in [0.1, 0.15) is 0 Å². The SMILES string of the molecule is CCS(=O)(=O)c1ccccc1C(=O)OCC(=O)NC(C)c1ccc2c(c1)CCCC2. The molecule has 1 aliphatic rings. The van der Waals surface area contributed by atoms with Crippen LogP contribution in [0.15, 0.2) is 47.4 Å². The van der Waals surface area contributed by atoms with E-state index in [9.17, 15) is 18.0 Å². The fourth-order valence-electron chi connectivity index (χ4n) is 3.66. The molecule has 0 saturated heterocycles. The average Bonchev–Trinajstić information content (AvgIpc) is 2.77. The van der Waals surface area contributed by atoms with Crippen molar-refractivity contribution in [3.63, 3.8) is 0 Å². The molecule has 160 valence electrons. The Labute approximate surface area is 177 Å². The van der Waals surface area contributed by atoms with Crippen LogP contribution in [0.25, 0.3) is 0 Å². The van der Waals surface area contributed by atoms with Gasteiger partial charge < -0.3 is 10.1 Å². The summed E-state index contributed by atoms with van der Waals surface area (Å²) in [4.78, 5) is 24.6. The summed E-state index contributed by atoms with van der Waals surface area (Å²) in [6.45, 7) is 2.91. The lowest BCUT2D eigenvalue weighted by atomic mass is 9.89. The lowest BCUT2D eigenvalue weighted by Gasteiger charge is -2.20. The smallest absolute Gasteiger partial charge is 0.339 e. The number of hydrogen-bond donors (Lipinski definition) is 1. The monoisotopic (exact) mass is 429 g/mol. The molecule has 2 aromatic carbocycles. The standard InChI is InChI=1S/C23H27NO5S/c1-3-30(27,28)21-11-7-6-10-20(21)23(26)29-15-22(25)24-16(2)18-13-12-17-8-4-5-9-19(17)14-18/h6-7,10-14,16H,3-5,8-9,15H2,1-2H3,(H,24,25). The molecule has 0 bridgehead atoms. The van der Waals surface area contributed by atoms with Gasteiger partial charge in [0.15, 0.2) is 16.4 Å². The highest BCUT2D eigenvalue weighted by atomic mass is 32.2. The maximum absolute atomic E-state index is 12.4. The van der Waals surface area contributed by atoms with Crippen molar-refractivity contribution in [1.82, 2.24) is 5.32 Å². The summed E-state index contributed by atoms with van der Waals surface area (Å²) < 4.78 is 29.4. The van der Waals surface area contributed by atoms with Gasteiger partial charge in [-0.05, 0) is 61.4 Å². The molecule has 0 heterocycles. The Balaban J connectivity index is 1.60. The molecule has 0 fully saturated rings. The molecule has 1 amide bonds. The summed E-state index contributed by atoms with van der Waals surface area (Å²) in [7, 11) is -3.58. The van der Waals surface area contributed by atoms with Crippen LogP contribution in [-0.4, -0.2) is 32.7 Å². The van der Waals surface area contributed by atoms with E-state index in [1.165, 1.54) is 43.0 Å². The van der Waals surface area contributed by atoms with Crippen LogP contribution in [0.4, 0.5) is 0 Å². The van der Waals surface area contributed by atoms with E-state index in [0.29, 0.717) is 0 Å². The fraction of sp³-hybridized carbons (Fsp3) is 0.391. The number of carbonyl (C=O) groups excluding carboxylic acids is 2. The Morgan fingerprint density at radius 3 is 2.50 bits per heavy atom. The summed E-state index contributed by atoms with van der Waals surface area (Å²) in [6.07, 6.45) is 4.55. The Hall–Kier alpha value is -2.67. The Kier molecular flexibility index (Phi) is 6.92. The molecule has 0 aliphatic heterocycles. The number of amides is 1. The predicted octanol–water partition coefficient (Wildman–Crippen LogP) is 3.39. The number of carbonyl (C=O) groups is 2. The first-order valence-electron chi connectivity index (χ1n) is 10.2. The van der Waals surface area contributed by atoms with Crippen molar-refractivity contribution in [1.29, 1.82) is 0 Å². The molecule has 1 N–H and O–H groups in total. The van der Waals surface area contributed by atoms with Crippen molar-refractivity contribution in [2.24, 2.45) is 0 Å².